The summed E-state index contributed by atoms with van der Waals surface area (Å²) in [5, 5.41) is 43.6. The highest BCUT2D eigenvalue weighted by Crippen LogP contribution is 2.10. The van der Waals surface area contributed by atoms with E-state index in [9.17, 15) is 4.79 Å². The van der Waals surface area contributed by atoms with Crippen LogP contribution in [0.2, 0.25) is 0 Å². The number of aliphatic carboxylic acids is 1. The van der Waals surface area contributed by atoms with Gasteiger partial charge in [0.15, 0.2) is 0 Å². The third-order valence-corrected chi connectivity index (χ3v) is 1.58. The molecule has 0 aromatic carbocycles. The second-order valence-electron chi connectivity index (χ2n) is 2.65. The smallest absolute Gasteiger partial charge is 0.353 e. The minimum Gasteiger partial charge on any atom is -0.478 e. The molecule has 0 bridgehead atoms. The highest BCUT2D eigenvalue weighted by molar-refractivity contribution is 5.77. The van der Waals surface area contributed by atoms with E-state index in [0.717, 1.165) is 0 Å². The van der Waals surface area contributed by atoms with Crippen molar-refractivity contribution in [3.05, 3.63) is 0 Å². The molecule has 0 spiro atoms. The number of aliphatic hydroxyl groups is 4. The quantitative estimate of drug-likeness (QED) is 0.254. The van der Waals surface area contributed by atoms with Crippen molar-refractivity contribution in [3.8, 4) is 0 Å². The van der Waals surface area contributed by atoms with Crippen LogP contribution in [-0.2, 0) is 4.79 Å². The van der Waals surface area contributed by atoms with Gasteiger partial charge >= 0.3 is 5.97 Å². The van der Waals surface area contributed by atoms with E-state index in [-0.39, 0.29) is 6.42 Å². The van der Waals surface area contributed by atoms with Gasteiger partial charge in [-0.2, -0.15) is 0 Å². The first kappa shape index (κ1) is 12.3. The average Bonchev–Trinajstić information content (AvgIpc) is 2.03. The Morgan fingerprint density at radius 1 is 1.46 bits per heavy atom. The molecule has 13 heavy (non-hydrogen) atoms. The van der Waals surface area contributed by atoms with Crippen LogP contribution in [0.3, 0.4) is 0 Å². The number of aliphatic hydroxyl groups excluding tert-OH is 3. The Morgan fingerprint density at radius 3 is 2.23 bits per heavy atom. The summed E-state index contributed by atoms with van der Waals surface area (Å²) < 4.78 is 0. The zero-order chi connectivity index (χ0) is 10.6. The van der Waals surface area contributed by atoms with Crippen LogP contribution in [0.4, 0.5) is 0 Å². The molecule has 3 atom stereocenters. The molecule has 0 rings (SSSR count). The summed E-state index contributed by atoms with van der Waals surface area (Å²) in [6.07, 6.45) is -3.90. The number of carboxylic acid groups (broad SMARTS) is 1. The first-order valence-corrected chi connectivity index (χ1v) is 3.55. The van der Waals surface area contributed by atoms with Gasteiger partial charge in [0, 0.05) is 6.61 Å². The maximum atomic E-state index is 10.3. The van der Waals surface area contributed by atoms with E-state index in [4.69, 9.17) is 31.3 Å². The standard InChI is InChI=1S/C6H13NO6/c7-6(13,5(11)12)4(10)3(9)1-2-8/h3-4,8-10,13H,1-2,7H2,(H,11,12). The van der Waals surface area contributed by atoms with Crippen molar-refractivity contribution in [1.82, 2.24) is 0 Å². The maximum absolute atomic E-state index is 10.3. The highest BCUT2D eigenvalue weighted by atomic mass is 16.4. The summed E-state index contributed by atoms with van der Waals surface area (Å²) >= 11 is 0. The predicted molar refractivity (Wildman–Crippen MR) is 40.5 cm³/mol. The number of hydrogen-bond acceptors (Lipinski definition) is 6. The van der Waals surface area contributed by atoms with Crippen molar-refractivity contribution in [2.75, 3.05) is 6.61 Å². The Hall–Kier alpha value is -0.730. The van der Waals surface area contributed by atoms with E-state index in [0.29, 0.717) is 0 Å². The Bertz CT molecular complexity index is 182. The van der Waals surface area contributed by atoms with Crippen LogP contribution in [0.5, 0.6) is 0 Å². The highest BCUT2D eigenvalue weighted by Gasteiger charge is 2.43. The minimum absolute atomic E-state index is 0.270. The molecule has 0 aliphatic heterocycles. The largest absolute Gasteiger partial charge is 0.478 e. The van der Waals surface area contributed by atoms with Crippen molar-refractivity contribution >= 4 is 5.97 Å². The zero-order valence-corrected chi connectivity index (χ0v) is 6.79. The van der Waals surface area contributed by atoms with Crippen molar-refractivity contribution < 1.29 is 30.3 Å². The number of hydrogen-bond donors (Lipinski definition) is 6. The fourth-order valence-corrected chi connectivity index (χ4v) is 0.710. The van der Waals surface area contributed by atoms with Gasteiger partial charge in [-0.1, -0.05) is 0 Å². The van der Waals surface area contributed by atoms with Crippen LogP contribution >= 0.6 is 0 Å². The summed E-state index contributed by atoms with van der Waals surface area (Å²) in [6.45, 7) is -0.450. The van der Waals surface area contributed by atoms with Crippen LogP contribution in [0.1, 0.15) is 6.42 Å². The molecule has 78 valence electrons. The van der Waals surface area contributed by atoms with E-state index >= 15 is 0 Å². The van der Waals surface area contributed by atoms with E-state index in [1.807, 2.05) is 0 Å². The molecule has 0 fully saturated rings. The Kier molecular flexibility index (Phi) is 4.24. The molecular formula is C6H13NO6. The molecule has 0 amide bonds. The molecule has 0 heterocycles. The summed E-state index contributed by atoms with van der Waals surface area (Å²) in [5.41, 5.74) is 1.89. The van der Waals surface area contributed by atoms with E-state index in [2.05, 4.69) is 0 Å². The second kappa shape index (κ2) is 4.49. The van der Waals surface area contributed by atoms with Gasteiger partial charge < -0.3 is 25.5 Å². The normalized spacial score (nSPS) is 20.4. The third kappa shape index (κ3) is 2.90. The number of nitrogens with two attached hydrogens (primary N) is 1. The van der Waals surface area contributed by atoms with E-state index in [1.165, 1.54) is 0 Å². The van der Waals surface area contributed by atoms with Crippen molar-refractivity contribution in [2.24, 2.45) is 5.73 Å². The van der Waals surface area contributed by atoms with Gasteiger partial charge in [0.2, 0.25) is 5.72 Å². The lowest BCUT2D eigenvalue weighted by molar-refractivity contribution is -0.181. The van der Waals surface area contributed by atoms with Gasteiger partial charge in [-0.25, -0.2) is 4.79 Å². The summed E-state index contributed by atoms with van der Waals surface area (Å²) in [6, 6.07) is 0. The lowest BCUT2D eigenvalue weighted by Gasteiger charge is -2.27. The number of carboxylic acids is 1. The monoisotopic (exact) mass is 195 g/mol. The van der Waals surface area contributed by atoms with Crippen LogP contribution in [0, 0.1) is 0 Å². The Balaban J connectivity index is 4.39. The minimum atomic E-state index is -2.91. The van der Waals surface area contributed by atoms with Crippen molar-refractivity contribution in [1.29, 1.82) is 0 Å². The summed E-state index contributed by atoms with van der Waals surface area (Å²) in [4.78, 5) is 10.3. The van der Waals surface area contributed by atoms with Gasteiger partial charge in [0.1, 0.15) is 6.10 Å². The Labute approximate surface area is 74.0 Å². The maximum Gasteiger partial charge on any atom is 0.353 e. The number of rotatable bonds is 5. The molecular weight excluding hydrogens is 182 g/mol. The first-order valence-electron chi connectivity index (χ1n) is 3.55. The molecule has 0 aromatic rings. The Morgan fingerprint density at radius 2 is 1.92 bits per heavy atom. The SMILES string of the molecule is NC(O)(C(=O)O)C(O)C(O)CCO. The van der Waals surface area contributed by atoms with Crippen LogP contribution in [0.25, 0.3) is 0 Å². The average molecular weight is 195 g/mol. The predicted octanol–water partition coefficient (Wildman–Crippen LogP) is -3.18. The number of carbonyl (C=O) groups is 1. The fraction of sp³-hybridized carbons (Fsp3) is 0.833. The molecule has 3 unspecified atom stereocenters. The van der Waals surface area contributed by atoms with Crippen LogP contribution in [0.15, 0.2) is 0 Å². The van der Waals surface area contributed by atoms with Gasteiger partial charge in [0.05, 0.1) is 6.10 Å². The molecule has 0 saturated carbocycles. The van der Waals surface area contributed by atoms with Crippen LogP contribution < -0.4 is 5.73 Å². The van der Waals surface area contributed by atoms with Crippen molar-refractivity contribution in [2.45, 2.75) is 24.4 Å². The molecule has 0 aliphatic rings. The third-order valence-electron chi connectivity index (χ3n) is 1.58. The second-order valence-corrected chi connectivity index (χ2v) is 2.65. The van der Waals surface area contributed by atoms with E-state index < -0.39 is 30.5 Å². The summed E-state index contributed by atoms with van der Waals surface area (Å²) in [5.74, 6) is -1.85. The topological polar surface area (TPSA) is 144 Å². The molecule has 0 radical (unpaired) electrons. The molecule has 0 saturated heterocycles. The van der Waals surface area contributed by atoms with Crippen molar-refractivity contribution in [3.63, 3.8) is 0 Å². The van der Waals surface area contributed by atoms with Crippen LogP contribution in [-0.4, -0.2) is 56.0 Å². The van der Waals surface area contributed by atoms with E-state index in [1.54, 1.807) is 0 Å². The lowest BCUT2D eigenvalue weighted by Crippen LogP contribution is -2.61. The first-order chi connectivity index (χ1) is 5.84. The molecule has 7 N–H and O–H groups in total. The fourth-order valence-electron chi connectivity index (χ4n) is 0.710. The van der Waals surface area contributed by atoms with Gasteiger partial charge in [-0.3, -0.25) is 5.73 Å². The molecule has 0 aromatic heterocycles. The van der Waals surface area contributed by atoms with Gasteiger partial charge in [-0.15, -0.1) is 0 Å². The lowest BCUT2D eigenvalue weighted by atomic mass is 10.0. The summed E-state index contributed by atoms with van der Waals surface area (Å²) in [7, 11) is 0. The molecule has 0 aliphatic carbocycles. The van der Waals surface area contributed by atoms with Gasteiger partial charge in [0.25, 0.3) is 0 Å². The van der Waals surface area contributed by atoms with Gasteiger partial charge in [-0.05, 0) is 6.42 Å². The zero-order valence-electron chi connectivity index (χ0n) is 6.79. The molecule has 7 nitrogen and oxygen atoms in total. The molecule has 7 heteroatoms.